The number of rotatable bonds is 2. The van der Waals surface area contributed by atoms with E-state index in [4.69, 9.17) is 9.47 Å². The summed E-state index contributed by atoms with van der Waals surface area (Å²) in [5, 5.41) is 0. The first kappa shape index (κ1) is 12.7. The van der Waals surface area contributed by atoms with Crippen molar-refractivity contribution in [3.63, 3.8) is 0 Å². The van der Waals surface area contributed by atoms with Crippen LogP contribution in [0.1, 0.15) is 29.0 Å². The molecule has 2 aromatic carbocycles. The third-order valence-electron chi connectivity index (χ3n) is 3.65. The van der Waals surface area contributed by atoms with Crippen molar-refractivity contribution in [2.45, 2.75) is 19.3 Å². The minimum atomic E-state index is -0.179. The van der Waals surface area contributed by atoms with E-state index in [0.717, 1.165) is 16.9 Å². The first-order valence-electron chi connectivity index (χ1n) is 6.62. The van der Waals surface area contributed by atoms with Crippen molar-refractivity contribution in [1.29, 1.82) is 0 Å². The maximum Gasteiger partial charge on any atom is 0.312 e. The maximum atomic E-state index is 11.8. The van der Waals surface area contributed by atoms with Gasteiger partial charge < -0.3 is 9.47 Å². The number of methoxy groups -OCH3 is 1. The quantitative estimate of drug-likeness (QED) is 0.618. The number of esters is 1. The molecule has 3 rings (SSSR count). The van der Waals surface area contributed by atoms with Gasteiger partial charge in [0.15, 0.2) is 0 Å². The van der Waals surface area contributed by atoms with Gasteiger partial charge in [0.05, 0.1) is 13.5 Å². The zero-order chi connectivity index (χ0) is 14.1. The van der Waals surface area contributed by atoms with E-state index in [2.05, 4.69) is 6.07 Å². The van der Waals surface area contributed by atoms with Crippen LogP contribution in [0.15, 0.2) is 42.5 Å². The molecule has 0 bridgehead atoms. The normalized spacial score (nSPS) is 17.3. The molecule has 0 saturated carbocycles. The van der Waals surface area contributed by atoms with Crippen molar-refractivity contribution in [2.75, 3.05) is 7.11 Å². The molecule has 0 aliphatic carbocycles. The standard InChI is InChI=1S/C17H16O3/c1-11-3-8-16-15(9-11)14(10-17(18)20-16)12-4-6-13(19-2)7-5-12/h3-9,14H,10H2,1-2H3. The summed E-state index contributed by atoms with van der Waals surface area (Å²) in [6, 6.07) is 13.8. The Balaban J connectivity index is 2.04. The fourth-order valence-corrected chi connectivity index (χ4v) is 2.61. The van der Waals surface area contributed by atoms with Crippen LogP contribution in [0.5, 0.6) is 11.5 Å². The predicted molar refractivity (Wildman–Crippen MR) is 76.3 cm³/mol. The monoisotopic (exact) mass is 268 g/mol. The topological polar surface area (TPSA) is 35.5 Å². The molecule has 0 amide bonds. The fourth-order valence-electron chi connectivity index (χ4n) is 2.61. The van der Waals surface area contributed by atoms with E-state index in [1.54, 1.807) is 7.11 Å². The minimum absolute atomic E-state index is 0.0528. The number of aryl methyl sites for hydroxylation is 1. The van der Waals surface area contributed by atoms with Crippen molar-refractivity contribution in [2.24, 2.45) is 0 Å². The number of hydrogen-bond donors (Lipinski definition) is 0. The van der Waals surface area contributed by atoms with Crippen LogP contribution >= 0.6 is 0 Å². The zero-order valence-electron chi connectivity index (χ0n) is 11.6. The molecule has 0 fully saturated rings. The van der Waals surface area contributed by atoms with Gasteiger partial charge >= 0.3 is 5.97 Å². The van der Waals surface area contributed by atoms with Crippen LogP contribution in [0.3, 0.4) is 0 Å². The Kier molecular flexibility index (Phi) is 3.18. The third-order valence-corrected chi connectivity index (χ3v) is 3.65. The number of fused-ring (bicyclic) bond motifs is 1. The smallest absolute Gasteiger partial charge is 0.312 e. The van der Waals surface area contributed by atoms with Crippen LogP contribution < -0.4 is 9.47 Å². The fraction of sp³-hybridized carbons (Fsp3) is 0.235. The Bertz CT molecular complexity index is 644. The van der Waals surface area contributed by atoms with E-state index >= 15 is 0 Å². The molecule has 1 unspecified atom stereocenters. The Morgan fingerprint density at radius 3 is 2.60 bits per heavy atom. The highest BCUT2D eigenvalue weighted by molar-refractivity contribution is 5.77. The van der Waals surface area contributed by atoms with Gasteiger partial charge in [-0.15, -0.1) is 0 Å². The Morgan fingerprint density at radius 1 is 1.15 bits per heavy atom. The van der Waals surface area contributed by atoms with E-state index < -0.39 is 0 Å². The van der Waals surface area contributed by atoms with E-state index in [1.807, 2.05) is 43.3 Å². The van der Waals surface area contributed by atoms with E-state index in [9.17, 15) is 4.79 Å². The molecule has 1 aliphatic rings. The lowest BCUT2D eigenvalue weighted by Crippen LogP contribution is -2.21. The Hall–Kier alpha value is -2.29. The van der Waals surface area contributed by atoms with Crippen molar-refractivity contribution in [3.05, 3.63) is 59.2 Å². The van der Waals surface area contributed by atoms with Gasteiger partial charge in [-0.2, -0.15) is 0 Å². The third kappa shape index (κ3) is 2.27. The second-order valence-corrected chi connectivity index (χ2v) is 5.05. The lowest BCUT2D eigenvalue weighted by Gasteiger charge is -2.25. The first-order chi connectivity index (χ1) is 9.67. The molecule has 1 heterocycles. The maximum absolute atomic E-state index is 11.8. The number of carbonyl (C=O) groups excluding carboxylic acids is 1. The summed E-state index contributed by atoms with van der Waals surface area (Å²) in [5.41, 5.74) is 3.35. The zero-order valence-corrected chi connectivity index (χ0v) is 11.6. The van der Waals surface area contributed by atoms with E-state index in [0.29, 0.717) is 12.2 Å². The molecular formula is C17H16O3. The lowest BCUT2D eigenvalue weighted by atomic mass is 9.86. The molecule has 20 heavy (non-hydrogen) atoms. The van der Waals surface area contributed by atoms with E-state index in [1.165, 1.54) is 5.56 Å². The molecule has 3 nitrogen and oxygen atoms in total. The van der Waals surface area contributed by atoms with Crippen molar-refractivity contribution >= 4 is 5.97 Å². The highest BCUT2D eigenvalue weighted by Crippen LogP contribution is 2.39. The Morgan fingerprint density at radius 2 is 1.90 bits per heavy atom. The first-order valence-corrected chi connectivity index (χ1v) is 6.62. The average molecular weight is 268 g/mol. The number of benzene rings is 2. The Labute approximate surface area is 118 Å². The van der Waals surface area contributed by atoms with Crippen molar-refractivity contribution < 1.29 is 14.3 Å². The number of carbonyl (C=O) groups is 1. The van der Waals surface area contributed by atoms with Crippen LogP contribution in [0.4, 0.5) is 0 Å². The predicted octanol–water partition coefficient (Wildman–Crippen LogP) is 3.44. The highest BCUT2D eigenvalue weighted by Gasteiger charge is 2.28. The van der Waals surface area contributed by atoms with Gasteiger partial charge in [-0.25, -0.2) is 0 Å². The summed E-state index contributed by atoms with van der Waals surface area (Å²) in [7, 11) is 1.64. The van der Waals surface area contributed by atoms with Gasteiger partial charge in [-0.05, 0) is 30.7 Å². The molecule has 1 atom stereocenters. The molecule has 102 valence electrons. The SMILES string of the molecule is COc1ccc(C2CC(=O)Oc3ccc(C)cc32)cc1. The molecule has 0 aromatic heterocycles. The van der Waals surface area contributed by atoms with Crippen LogP contribution in [0.2, 0.25) is 0 Å². The van der Waals surface area contributed by atoms with Gasteiger partial charge in [0.2, 0.25) is 0 Å². The second-order valence-electron chi connectivity index (χ2n) is 5.05. The van der Waals surface area contributed by atoms with Gasteiger partial charge in [-0.1, -0.05) is 29.8 Å². The number of ether oxygens (including phenoxy) is 2. The van der Waals surface area contributed by atoms with Gasteiger partial charge in [-0.3, -0.25) is 4.79 Å². The van der Waals surface area contributed by atoms with Crippen molar-refractivity contribution in [1.82, 2.24) is 0 Å². The molecule has 0 saturated heterocycles. The highest BCUT2D eigenvalue weighted by atomic mass is 16.5. The summed E-state index contributed by atoms with van der Waals surface area (Å²) in [5.74, 6) is 1.36. The van der Waals surface area contributed by atoms with Crippen LogP contribution in [0, 0.1) is 6.92 Å². The average Bonchev–Trinajstić information content (AvgIpc) is 2.47. The summed E-state index contributed by atoms with van der Waals surface area (Å²) in [6.45, 7) is 2.04. The van der Waals surface area contributed by atoms with Gasteiger partial charge in [0.1, 0.15) is 11.5 Å². The molecule has 2 aromatic rings. The molecule has 0 radical (unpaired) electrons. The minimum Gasteiger partial charge on any atom is -0.497 e. The van der Waals surface area contributed by atoms with Crippen molar-refractivity contribution in [3.8, 4) is 11.5 Å². The molecule has 0 spiro atoms. The molecule has 3 heteroatoms. The summed E-state index contributed by atoms with van der Waals surface area (Å²) in [6.07, 6.45) is 0.378. The van der Waals surface area contributed by atoms with Crippen LogP contribution in [0.25, 0.3) is 0 Å². The lowest BCUT2D eigenvalue weighted by molar-refractivity contribution is -0.135. The van der Waals surface area contributed by atoms with Gasteiger partial charge in [0, 0.05) is 11.5 Å². The summed E-state index contributed by atoms with van der Waals surface area (Å²) in [4.78, 5) is 11.8. The molecular weight excluding hydrogens is 252 g/mol. The van der Waals surface area contributed by atoms with Crippen LogP contribution in [-0.4, -0.2) is 13.1 Å². The number of hydrogen-bond acceptors (Lipinski definition) is 3. The second kappa shape index (κ2) is 5.00. The van der Waals surface area contributed by atoms with Gasteiger partial charge in [0.25, 0.3) is 0 Å². The summed E-state index contributed by atoms with van der Waals surface area (Å²) >= 11 is 0. The molecule has 1 aliphatic heterocycles. The summed E-state index contributed by atoms with van der Waals surface area (Å²) < 4.78 is 10.5. The largest absolute Gasteiger partial charge is 0.497 e. The van der Waals surface area contributed by atoms with Crippen LogP contribution in [-0.2, 0) is 4.79 Å². The van der Waals surface area contributed by atoms with E-state index in [-0.39, 0.29) is 11.9 Å². The molecule has 0 N–H and O–H groups in total.